The number of likely N-dealkylation sites (tertiary alicyclic amines) is 1. The topological polar surface area (TPSA) is 139 Å². The van der Waals surface area contributed by atoms with E-state index in [9.17, 15) is 14.0 Å². The summed E-state index contributed by atoms with van der Waals surface area (Å²) in [6.07, 6.45) is 12.7. The molecule has 2 aliphatic heterocycles. The van der Waals surface area contributed by atoms with Gasteiger partial charge in [-0.15, -0.1) is 0 Å². The van der Waals surface area contributed by atoms with E-state index in [0.29, 0.717) is 42.0 Å². The largest absolute Gasteiger partial charge is 0.444 e. The molecule has 0 bridgehead atoms. The Balaban J connectivity index is 0.968. The van der Waals surface area contributed by atoms with Gasteiger partial charge in [0.15, 0.2) is 0 Å². The molecule has 2 saturated heterocycles. The maximum absolute atomic E-state index is 14.6. The van der Waals surface area contributed by atoms with Crippen molar-refractivity contribution in [3.05, 3.63) is 36.3 Å². The van der Waals surface area contributed by atoms with Crippen molar-refractivity contribution in [2.45, 2.75) is 128 Å². The molecule has 1 aliphatic carbocycles. The minimum absolute atomic E-state index is 0.0685. The highest BCUT2D eigenvalue weighted by Gasteiger charge is 2.31. The number of pyridine rings is 1. The third kappa shape index (κ3) is 10.4. The van der Waals surface area contributed by atoms with Crippen LogP contribution in [0.25, 0.3) is 10.9 Å². The quantitative estimate of drug-likeness (QED) is 0.182. The van der Waals surface area contributed by atoms with Crippen molar-refractivity contribution in [2.75, 3.05) is 50.1 Å². The van der Waals surface area contributed by atoms with Crippen LogP contribution in [0, 0.1) is 5.92 Å². The number of aromatic nitrogens is 4. The lowest BCUT2D eigenvalue weighted by Crippen LogP contribution is -2.46. The molecule has 13 nitrogen and oxygen atoms in total. The molecule has 3 aliphatic rings. The highest BCUT2D eigenvalue weighted by Crippen LogP contribution is 2.30. The zero-order valence-corrected chi connectivity index (χ0v) is 32.9. The van der Waals surface area contributed by atoms with Gasteiger partial charge in [0.1, 0.15) is 23.4 Å². The summed E-state index contributed by atoms with van der Waals surface area (Å²) < 4.78 is 27.3. The van der Waals surface area contributed by atoms with Crippen molar-refractivity contribution < 1.29 is 23.5 Å². The van der Waals surface area contributed by atoms with E-state index in [-0.39, 0.29) is 36.7 Å². The first-order valence-electron chi connectivity index (χ1n) is 19.9. The molecule has 296 valence electrons. The van der Waals surface area contributed by atoms with Crippen LogP contribution in [0.15, 0.2) is 30.7 Å². The number of alkyl carbamates (subject to hydrolysis) is 1. The molecule has 3 fully saturated rings. The third-order valence-corrected chi connectivity index (χ3v) is 11.1. The molecule has 3 aromatic heterocycles. The van der Waals surface area contributed by atoms with Crippen LogP contribution in [0.3, 0.4) is 0 Å². The van der Waals surface area contributed by atoms with Crippen molar-refractivity contribution in [1.29, 1.82) is 0 Å². The molecule has 2 atom stereocenters. The molecule has 0 radical (unpaired) electrons. The Morgan fingerprint density at radius 1 is 0.981 bits per heavy atom. The van der Waals surface area contributed by atoms with Crippen molar-refractivity contribution in [2.24, 2.45) is 5.92 Å². The molecule has 0 spiro atoms. The second-order valence-electron chi connectivity index (χ2n) is 16.6. The predicted molar refractivity (Wildman–Crippen MR) is 209 cm³/mol. The maximum Gasteiger partial charge on any atom is 0.407 e. The number of halogens is 1. The second-order valence-corrected chi connectivity index (χ2v) is 16.6. The SMILES string of the molecule is CO[C@@H]1CCN(c2nccc(Nc3cc4c(cn3)c(C(=O)NC3CCN(CCCC5CCC(NC(=O)OC(C)(C)C)CC5)CC3)cn4C(C)C)n2)C[C@@H]1F. The summed E-state index contributed by atoms with van der Waals surface area (Å²) in [5.41, 5.74) is 1.06. The second kappa shape index (κ2) is 17.6. The lowest BCUT2D eigenvalue weighted by atomic mass is 9.83. The molecular weight excluding hydrogens is 689 g/mol. The van der Waals surface area contributed by atoms with E-state index in [0.717, 1.165) is 69.1 Å². The molecule has 3 N–H and O–H groups in total. The van der Waals surface area contributed by atoms with E-state index >= 15 is 0 Å². The smallest absolute Gasteiger partial charge is 0.407 e. The molecule has 5 heterocycles. The Morgan fingerprint density at radius 2 is 1.72 bits per heavy atom. The van der Waals surface area contributed by atoms with E-state index in [2.05, 4.69) is 54.2 Å². The number of rotatable bonds is 12. The molecule has 0 unspecified atom stereocenters. The van der Waals surface area contributed by atoms with Crippen LogP contribution in [-0.4, -0.2) is 106 Å². The lowest BCUT2D eigenvalue weighted by molar-refractivity contribution is 0.0194. The fourth-order valence-corrected chi connectivity index (χ4v) is 8.09. The number of carbonyl (C=O) groups is 2. The van der Waals surface area contributed by atoms with Crippen molar-refractivity contribution in [1.82, 2.24) is 35.1 Å². The number of anilines is 3. The highest BCUT2D eigenvalue weighted by molar-refractivity contribution is 6.07. The number of piperidine rings is 2. The van der Waals surface area contributed by atoms with E-state index < -0.39 is 17.9 Å². The number of hydrogen-bond donors (Lipinski definition) is 3. The van der Waals surface area contributed by atoms with E-state index in [4.69, 9.17) is 9.47 Å². The fourth-order valence-electron chi connectivity index (χ4n) is 8.09. The number of methoxy groups -OCH3 is 1. The van der Waals surface area contributed by atoms with Gasteiger partial charge in [-0.1, -0.05) is 0 Å². The van der Waals surface area contributed by atoms with Crippen molar-refractivity contribution in [3.8, 4) is 0 Å². The Hall–Kier alpha value is -4.04. The molecule has 0 aromatic carbocycles. The van der Waals surface area contributed by atoms with Crippen LogP contribution < -0.4 is 20.9 Å². The van der Waals surface area contributed by atoms with E-state index in [1.807, 2.05) is 37.9 Å². The number of ether oxygens (including phenoxy) is 2. The molecule has 1 saturated carbocycles. The Labute approximate surface area is 319 Å². The minimum atomic E-state index is -1.11. The zero-order chi connectivity index (χ0) is 38.4. The van der Waals surface area contributed by atoms with E-state index in [1.54, 1.807) is 25.6 Å². The summed E-state index contributed by atoms with van der Waals surface area (Å²) in [5.74, 6) is 2.25. The number of nitrogens with one attached hydrogen (secondary N) is 3. The van der Waals surface area contributed by atoms with Crippen LogP contribution in [0.5, 0.6) is 0 Å². The van der Waals surface area contributed by atoms with Crippen molar-refractivity contribution >= 4 is 40.5 Å². The Kier molecular flexibility index (Phi) is 12.9. The van der Waals surface area contributed by atoms with Gasteiger partial charge in [0.25, 0.3) is 5.91 Å². The highest BCUT2D eigenvalue weighted by atomic mass is 19.1. The maximum atomic E-state index is 14.6. The Bertz CT molecular complexity index is 1710. The van der Waals surface area contributed by atoms with Gasteiger partial charge in [0, 0.05) is 74.9 Å². The predicted octanol–water partition coefficient (Wildman–Crippen LogP) is 6.77. The summed E-state index contributed by atoms with van der Waals surface area (Å²) in [6.45, 7) is 13.7. The first kappa shape index (κ1) is 39.6. The van der Waals surface area contributed by atoms with Gasteiger partial charge < -0.3 is 39.8 Å². The van der Waals surface area contributed by atoms with Gasteiger partial charge in [-0.2, -0.15) is 4.98 Å². The van der Waals surface area contributed by atoms with Gasteiger partial charge in [-0.05, 0) is 111 Å². The minimum Gasteiger partial charge on any atom is -0.444 e. The number of nitrogens with zero attached hydrogens (tertiary/aromatic N) is 6. The normalized spacial score (nSPS) is 23.1. The number of fused-ring (bicyclic) bond motifs is 1. The average molecular weight is 750 g/mol. The van der Waals surface area contributed by atoms with Gasteiger partial charge >= 0.3 is 6.09 Å². The van der Waals surface area contributed by atoms with Gasteiger partial charge in [0.05, 0.1) is 23.7 Å². The van der Waals surface area contributed by atoms with Gasteiger partial charge in [-0.3, -0.25) is 4.79 Å². The number of carbonyl (C=O) groups excluding carboxylic acids is 2. The molecule has 6 rings (SSSR count). The summed E-state index contributed by atoms with van der Waals surface area (Å²) in [5, 5.41) is 10.5. The summed E-state index contributed by atoms with van der Waals surface area (Å²) in [7, 11) is 1.54. The fraction of sp³-hybridized carbons (Fsp3) is 0.675. The standard InChI is InChI=1S/C40H60FN9O4/c1-26(2)50-24-31(30-23-43-36(22-33(30)50)46-35-13-17-42-38(47-35)49-21-16-34(53-6)32(41)25-49)37(51)44-29-14-19-48(20-15-29)18-7-8-27-9-11-28(12-10-27)45-39(52)54-40(3,4)5/h13,17,22-24,26-29,32,34H,7-12,14-16,18-21,25H2,1-6H3,(H,44,51)(H,45,52)(H,42,43,46,47)/t27?,28?,32-,34+/m0/s1. The molecule has 3 aromatic rings. The zero-order valence-electron chi connectivity index (χ0n) is 32.9. The first-order valence-corrected chi connectivity index (χ1v) is 19.9. The van der Waals surface area contributed by atoms with Crippen LogP contribution in [0.1, 0.15) is 109 Å². The molecule has 2 amide bonds. The first-order chi connectivity index (χ1) is 25.8. The van der Waals surface area contributed by atoms with Crippen LogP contribution in [0.2, 0.25) is 0 Å². The average Bonchev–Trinajstić information content (AvgIpc) is 3.52. The molecule has 54 heavy (non-hydrogen) atoms. The lowest BCUT2D eigenvalue weighted by Gasteiger charge is -2.33. The number of hydrogen-bond acceptors (Lipinski definition) is 10. The Morgan fingerprint density at radius 3 is 2.41 bits per heavy atom. The van der Waals surface area contributed by atoms with Gasteiger partial charge in [0.2, 0.25) is 5.95 Å². The summed E-state index contributed by atoms with van der Waals surface area (Å²) >= 11 is 0. The summed E-state index contributed by atoms with van der Waals surface area (Å²) in [4.78, 5) is 43.9. The monoisotopic (exact) mass is 749 g/mol. The number of amides is 2. The number of alkyl halides is 1. The van der Waals surface area contributed by atoms with Crippen LogP contribution in [-0.2, 0) is 9.47 Å². The summed E-state index contributed by atoms with van der Waals surface area (Å²) in [6, 6.07) is 4.18. The van der Waals surface area contributed by atoms with Crippen LogP contribution in [0.4, 0.5) is 26.8 Å². The van der Waals surface area contributed by atoms with Crippen molar-refractivity contribution in [3.63, 3.8) is 0 Å². The molecule has 14 heteroatoms. The third-order valence-electron chi connectivity index (χ3n) is 11.1. The van der Waals surface area contributed by atoms with Gasteiger partial charge in [-0.25, -0.2) is 19.2 Å². The van der Waals surface area contributed by atoms with E-state index in [1.165, 1.54) is 12.8 Å². The van der Waals surface area contributed by atoms with Crippen LogP contribution >= 0.6 is 0 Å². The molecular formula is C40H60FN9O4.